The minimum absolute atomic E-state index is 0.258. The molecule has 108 valence electrons. The van der Waals surface area contributed by atoms with Crippen molar-refractivity contribution in [2.24, 2.45) is 5.73 Å². The Morgan fingerprint density at radius 2 is 2.05 bits per heavy atom. The zero-order valence-corrected chi connectivity index (χ0v) is 12.0. The van der Waals surface area contributed by atoms with E-state index < -0.39 is 0 Å². The third kappa shape index (κ3) is 2.54. The second-order valence-corrected chi connectivity index (χ2v) is 5.05. The Bertz CT molecular complexity index is 777. The normalized spacial score (nSPS) is 11.2. The molecular formula is C17H18FN3. The number of fused-ring (bicyclic) bond motifs is 1. The average molecular weight is 283 g/mol. The van der Waals surface area contributed by atoms with Crippen LogP contribution in [0, 0.1) is 5.82 Å². The molecule has 0 atom stereocenters. The molecule has 0 aliphatic carbocycles. The van der Waals surface area contributed by atoms with Crippen LogP contribution < -0.4 is 5.73 Å². The Hall–Kier alpha value is -2.20. The fraction of sp³-hybridized carbons (Fsp3) is 0.235. The first-order chi connectivity index (χ1) is 10.2. The van der Waals surface area contributed by atoms with Crippen LogP contribution in [0.15, 0.2) is 42.5 Å². The fourth-order valence-corrected chi connectivity index (χ4v) is 2.68. The van der Waals surface area contributed by atoms with Crippen LogP contribution in [0.1, 0.15) is 12.5 Å². The van der Waals surface area contributed by atoms with Crippen molar-refractivity contribution in [1.29, 1.82) is 0 Å². The number of benzene rings is 2. The highest BCUT2D eigenvalue weighted by atomic mass is 19.1. The van der Waals surface area contributed by atoms with Crippen molar-refractivity contribution in [1.82, 2.24) is 9.55 Å². The Morgan fingerprint density at radius 1 is 1.19 bits per heavy atom. The quantitative estimate of drug-likeness (QED) is 0.798. The lowest BCUT2D eigenvalue weighted by Crippen LogP contribution is -2.03. The van der Waals surface area contributed by atoms with Gasteiger partial charge in [-0.05, 0) is 43.7 Å². The maximum atomic E-state index is 13.4. The number of aryl methyl sites for hydroxylation is 1. The summed E-state index contributed by atoms with van der Waals surface area (Å²) in [5.41, 5.74) is 9.50. The molecule has 2 aromatic carbocycles. The van der Waals surface area contributed by atoms with Gasteiger partial charge in [0.2, 0.25) is 0 Å². The van der Waals surface area contributed by atoms with Gasteiger partial charge in [-0.15, -0.1) is 0 Å². The first kappa shape index (κ1) is 13.8. The first-order valence-electron chi connectivity index (χ1n) is 7.18. The molecular weight excluding hydrogens is 265 g/mol. The molecule has 2 N–H and O–H groups in total. The van der Waals surface area contributed by atoms with Crippen molar-refractivity contribution >= 4 is 11.0 Å². The molecule has 3 nitrogen and oxygen atoms in total. The fourth-order valence-electron chi connectivity index (χ4n) is 2.68. The summed E-state index contributed by atoms with van der Waals surface area (Å²) in [6.07, 6.45) is 0.842. The summed E-state index contributed by atoms with van der Waals surface area (Å²) in [5.74, 6) is 0.614. The number of nitrogens with two attached hydrogens (primary N) is 1. The number of imidazole rings is 1. The van der Waals surface area contributed by atoms with E-state index in [-0.39, 0.29) is 5.82 Å². The van der Waals surface area contributed by atoms with E-state index in [1.165, 1.54) is 17.7 Å². The van der Waals surface area contributed by atoms with Crippen molar-refractivity contribution < 1.29 is 4.39 Å². The molecule has 0 saturated heterocycles. The van der Waals surface area contributed by atoms with Crippen LogP contribution in [-0.2, 0) is 13.0 Å². The van der Waals surface area contributed by atoms with Gasteiger partial charge in [0, 0.05) is 18.2 Å². The second-order valence-electron chi connectivity index (χ2n) is 5.05. The van der Waals surface area contributed by atoms with Crippen LogP contribution in [0.3, 0.4) is 0 Å². The molecule has 21 heavy (non-hydrogen) atoms. The van der Waals surface area contributed by atoms with Gasteiger partial charge in [0.15, 0.2) is 0 Å². The number of nitrogens with zero attached hydrogens (tertiary/aromatic N) is 2. The Balaban J connectivity index is 2.17. The number of hydrogen-bond donors (Lipinski definition) is 1. The molecule has 0 aliphatic rings. The molecule has 0 radical (unpaired) electrons. The lowest BCUT2D eigenvalue weighted by Gasteiger charge is -2.07. The monoisotopic (exact) mass is 283 g/mol. The lowest BCUT2D eigenvalue weighted by atomic mass is 10.1. The Kier molecular flexibility index (Phi) is 3.71. The molecule has 0 bridgehead atoms. The van der Waals surface area contributed by atoms with E-state index in [0.717, 1.165) is 29.9 Å². The molecule has 0 fully saturated rings. The number of halogens is 1. The topological polar surface area (TPSA) is 43.8 Å². The predicted molar refractivity (Wildman–Crippen MR) is 83.6 cm³/mol. The van der Waals surface area contributed by atoms with Gasteiger partial charge in [-0.2, -0.15) is 0 Å². The number of rotatable bonds is 4. The summed E-state index contributed by atoms with van der Waals surface area (Å²) in [5, 5.41) is 0. The predicted octanol–water partition coefficient (Wildman–Crippen LogP) is 3.36. The van der Waals surface area contributed by atoms with E-state index in [1.807, 2.05) is 12.1 Å². The van der Waals surface area contributed by atoms with E-state index in [4.69, 9.17) is 5.73 Å². The van der Waals surface area contributed by atoms with Gasteiger partial charge in [0.25, 0.3) is 0 Å². The summed E-state index contributed by atoms with van der Waals surface area (Å²) >= 11 is 0. The summed E-state index contributed by atoms with van der Waals surface area (Å²) in [4.78, 5) is 4.61. The zero-order chi connectivity index (χ0) is 14.8. The first-order valence-corrected chi connectivity index (χ1v) is 7.18. The van der Waals surface area contributed by atoms with Crippen LogP contribution in [-0.4, -0.2) is 16.1 Å². The highest BCUT2D eigenvalue weighted by Crippen LogP contribution is 2.26. The molecule has 0 spiro atoms. The minimum atomic E-state index is -0.258. The van der Waals surface area contributed by atoms with Gasteiger partial charge < -0.3 is 10.3 Å². The summed E-state index contributed by atoms with van der Waals surface area (Å²) in [6.45, 7) is 3.48. The minimum Gasteiger partial charge on any atom is -0.330 e. The van der Waals surface area contributed by atoms with E-state index in [2.05, 4.69) is 28.6 Å². The lowest BCUT2D eigenvalue weighted by molar-refractivity contribution is 0.629. The van der Waals surface area contributed by atoms with Crippen LogP contribution >= 0.6 is 0 Å². The molecule has 0 saturated carbocycles. The third-order valence-electron chi connectivity index (χ3n) is 3.64. The summed E-state index contributed by atoms with van der Waals surface area (Å²) < 4.78 is 15.5. The molecule has 0 unspecified atom stereocenters. The third-order valence-corrected chi connectivity index (χ3v) is 3.64. The largest absolute Gasteiger partial charge is 0.330 e. The maximum Gasteiger partial charge on any atom is 0.141 e. The molecule has 3 aromatic rings. The summed E-state index contributed by atoms with van der Waals surface area (Å²) in [7, 11) is 0. The summed E-state index contributed by atoms with van der Waals surface area (Å²) in [6, 6.07) is 13.0. The zero-order valence-electron chi connectivity index (χ0n) is 12.0. The Labute approximate surface area is 123 Å². The van der Waals surface area contributed by atoms with Gasteiger partial charge in [-0.3, -0.25) is 0 Å². The van der Waals surface area contributed by atoms with Crippen molar-refractivity contribution in [3.8, 4) is 11.4 Å². The molecule has 1 aromatic heterocycles. The highest BCUT2D eigenvalue weighted by Gasteiger charge is 2.12. The van der Waals surface area contributed by atoms with E-state index in [0.29, 0.717) is 12.1 Å². The van der Waals surface area contributed by atoms with Gasteiger partial charge in [0.05, 0.1) is 11.0 Å². The van der Waals surface area contributed by atoms with E-state index in [9.17, 15) is 4.39 Å². The van der Waals surface area contributed by atoms with E-state index >= 15 is 0 Å². The van der Waals surface area contributed by atoms with Crippen LogP contribution in [0.2, 0.25) is 0 Å². The van der Waals surface area contributed by atoms with Gasteiger partial charge >= 0.3 is 0 Å². The number of aromatic nitrogens is 2. The molecule has 3 rings (SSSR count). The average Bonchev–Trinajstić information content (AvgIpc) is 2.85. The highest BCUT2D eigenvalue weighted by molar-refractivity contribution is 5.80. The molecule has 0 aliphatic heterocycles. The van der Waals surface area contributed by atoms with Crippen molar-refractivity contribution in [3.63, 3.8) is 0 Å². The maximum absolute atomic E-state index is 13.4. The van der Waals surface area contributed by atoms with Gasteiger partial charge in [-0.25, -0.2) is 9.37 Å². The van der Waals surface area contributed by atoms with Crippen LogP contribution in [0.4, 0.5) is 4.39 Å². The molecule has 1 heterocycles. The Morgan fingerprint density at radius 3 is 2.81 bits per heavy atom. The number of hydrogen-bond acceptors (Lipinski definition) is 2. The molecule has 4 heteroatoms. The van der Waals surface area contributed by atoms with Crippen molar-refractivity contribution in [2.75, 3.05) is 6.54 Å². The molecule has 0 amide bonds. The SMILES string of the molecule is CCn1c(-c2cccc(CCN)c2)nc2cc(F)ccc21. The standard InChI is InChI=1S/C17H18FN3/c1-2-21-16-7-6-14(18)11-15(16)20-17(21)13-5-3-4-12(10-13)8-9-19/h3-7,10-11H,2,8-9,19H2,1H3. The van der Waals surface area contributed by atoms with Gasteiger partial charge in [0.1, 0.15) is 11.6 Å². The smallest absolute Gasteiger partial charge is 0.141 e. The van der Waals surface area contributed by atoms with Crippen LogP contribution in [0.25, 0.3) is 22.4 Å². The van der Waals surface area contributed by atoms with Crippen molar-refractivity contribution in [2.45, 2.75) is 19.9 Å². The van der Waals surface area contributed by atoms with Gasteiger partial charge in [-0.1, -0.05) is 18.2 Å². The second kappa shape index (κ2) is 5.66. The van der Waals surface area contributed by atoms with E-state index in [1.54, 1.807) is 6.07 Å². The van der Waals surface area contributed by atoms with Crippen molar-refractivity contribution in [3.05, 3.63) is 53.8 Å². The van der Waals surface area contributed by atoms with Crippen LogP contribution in [0.5, 0.6) is 0 Å².